The van der Waals surface area contributed by atoms with E-state index in [1.165, 1.54) is 12.1 Å². The standard InChI is InChI=1S/C18H21FN2O2/c1-14-5-3-4-6-17(14)23-12-11-21(2)13-18(22)20-16-9-7-15(19)8-10-16/h3-10H,11-13H2,1-2H3,(H,20,22)/p+1. The number of benzene rings is 2. The molecule has 2 N–H and O–H groups in total. The number of amides is 1. The molecule has 0 saturated carbocycles. The van der Waals surface area contributed by atoms with Crippen molar-refractivity contribution in [3.05, 3.63) is 59.9 Å². The maximum atomic E-state index is 12.8. The van der Waals surface area contributed by atoms with E-state index in [1.54, 1.807) is 12.1 Å². The third kappa shape index (κ3) is 5.71. The summed E-state index contributed by atoms with van der Waals surface area (Å²) < 4.78 is 18.5. The van der Waals surface area contributed by atoms with Crippen LogP contribution in [-0.2, 0) is 4.79 Å². The third-order valence-corrected chi connectivity index (χ3v) is 3.47. The Morgan fingerprint density at radius 1 is 1.17 bits per heavy atom. The highest BCUT2D eigenvalue weighted by atomic mass is 19.1. The molecule has 0 spiro atoms. The first-order chi connectivity index (χ1) is 11.0. The molecular formula is C18H22FN2O2+. The van der Waals surface area contributed by atoms with Crippen LogP contribution in [0.4, 0.5) is 10.1 Å². The van der Waals surface area contributed by atoms with Gasteiger partial charge in [-0.2, -0.15) is 0 Å². The Balaban J connectivity index is 1.71. The Labute approximate surface area is 135 Å². The maximum Gasteiger partial charge on any atom is 0.279 e. The molecule has 2 rings (SSSR count). The smallest absolute Gasteiger partial charge is 0.279 e. The summed E-state index contributed by atoms with van der Waals surface area (Å²) in [5, 5.41) is 2.75. The summed E-state index contributed by atoms with van der Waals surface area (Å²) in [6, 6.07) is 13.6. The summed E-state index contributed by atoms with van der Waals surface area (Å²) in [4.78, 5) is 13.0. The van der Waals surface area contributed by atoms with E-state index in [-0.39, 0.29) is 11.7 Å². The normalized spacial score (nSPS) is 11.8. The number of ether oxygens (including phenoxy) is 1. The highest BCUT2D eigenvalue weighted by molar-refractivity contribution is 5.91. The zero-order chi connectivity index (χ0) is 16.7. The van der Waals surface area contributed by atoms with Crippen molar-refractivity contribution in [2.75, 3.05) is 32.1 Å². The minimum atomic E-state index is -0.320. The van der Waals surface area contributed by atoms with Crippen LogP contribution < -0.4 is 15.0 Å². The lowest BCUT2D eigenvalue weighted by atomic mass is 10.2. The van der Waals surface area contributed by atoms with Crippen LogP contribution in [0, 0.1) is 12.7 Å². The van der Waals surface area contributed by atoms with Crippen LogP contribution in [0.3, 0.4) is 0 Å². The number of aryl methyl sites for hydroxylation is 1. The van der Waals surface area contributed by atoms with Gasteiger partial charge in [-0.1, -0.05) is 18.2 Å². The van der Waals surface area contributed by atoms with E-state index in [9.17, 15) is 9.18 Å². The number of quaternary nitrogens is 1. The van der Waals surface area contributed by atoms with Crippen molar-refractivity contribution in [2.45, 2.75) is 6.92 Å². The first-order valence-corrected chi connectivity index (χ1v) is 7.60. The number of likely N-dealkylation sites (N-methyl/N-ethyl adjacent to an activating group) is 1. The van der Waals surface area contributed by atoms with E-state index in [1.807, 2.05) is 38.2 Å². The molecule has 0 aliphatic rings. The molecule has 2 aromatic carbocycles. The van der Waals surface area contributed by atoms with Crippen LogP contribution in [0.1, 0.15) is 5.56 Å². The number of para-hydroxylation sites is 1. The van der Waals surface area contributed by atoms with Gasteiger partial charge in [0.15, 0.2) is 6.54 Å². The van der Waals surface area contributed by atoms with Gasteiger partial charge in [-0.05, 0) is 42.8 Å². The molecule has 4 nitrogen and oxygen atoms in total. The van der Waals surface area contributed by atoms with Gasteiger partial charge in [-0.25, -0.2) is 4.39 Å². The second-order valence-electron chi connectivity index (χ2n) is 5.55. The highest BCUT2D eigenvalue weighted by Gasteiger charge is 2.10. The van der Waals surface area contributed by atoms with Crippen molar-refractivity contribution in [3.63, 3.8) is 0 Å². The summed E-state index contributed by atoms with van der Waals surface area (Å²) in [6.07, 6.45) is 0. The zero-order valence-corrected chi connectivity index (χ0v) is 13.4. The molecule has 0 saturated heterocycles. The van der Waals surface area contributed by atoms with Crippen molar-refractivity contribution in [1.82, 2.24) is 0 Å². The topological polar surface area (TPSA) is 42.8 Å². The van der Waals surface area contributed by atoms with E-state index < -0.39 is 0 Å². The van der Waals surface area contributed by atoms with Crippen molar-refractivity contribution in [1.29, 1.82) is 0 Å². The predicted octanol–water partition coefficient (Wildman–Crippen LogP) is 1.67. The fraction of sp³-hybridized carbons (Fsp3) is 0.278. The van der Waals surface area contributed by atoms with E-state index in [2.05, 4.69) is 5.32 Å². The van der Waals surface area contributed by atoms with E-state index in [4.69, 9.17) is 4.74 Å². The van der Waals surface area contributed by atoms with Crippen LogP contribution in [0.5, 0.6) is 5.75 Å². The Hall–Kier alpha value is -2.40. The van der Waals surface area contributed by atoms with Crippen molar-refractivity contribution >= 4 is 11.6 Å². The maximum absolute atomic E-state index is 12.8. The number of anilines is 1. The van der Waals surface area contributed by atoms with E-state index in [0.717, 1.165) is 16.2 Å². The molecule has 0 bridgehead atoms. The second kappa shape index (κ2) is 8.29. The number of halogens is 1. The fourth-order valence-electron chi connectivity index (χ4n) is 2.15. The highest BCUT2D eigenvalue weighted by Crippen LogP contribution is 2.15. The van der Waals surface area contributed by atoms with Crippen LogP contribution in [0.15, 0.2) is 48.5 Å². The number of carbonyl (C=O) groups excluding carboxylic acids is 1. The first kappa shape index (κ1) is 17.0. The van der Waals surface area contributed by atoms with Gasteiger partial charge in [-0.15, -0.1) is 0 Å². The minimum Gasteiger partial charge on any atom is -0.487 e. The molecule has 1 atom stereocenters. The number of hydrogen-bond acceptors (Lipinski definition) is 2. The summed E-state index contributed by atoms with van der Waals surface area (Å²) in [5.74, 6) is 0.445. The monoisotopic (exact) mass is 317 g/mol. The second-order valence-corrected chi connectivity index (χ2v) is 5.55. The summed E-state index contributed by atoms with van der Waals surface area (Å²) in [6.45, 7) is 3.59. The number of carbonyl (C=O) groups is 1. The van der Waals surface area contributed by atoms with Crippen LogP contribution in [0.2, 0.25) is 0 Å². The summed E-state index contributed by atoms with van der Waals surface area (Å²) in [7, 11) is 1.94. The van der Waals surface area contributed by atoms with Crippen molar-refractivity contribution < 1.29 is 18.8 Å². The number of hydrogen-bond donors (Lipinski definition) is 2. The quantitative estimate of drug-likeness (QED) is 0.816. The lowest BCUT2D eigenvalue weighted by Crippen LogP contribution is -3.10. The lowest BCUT2D eigenvalue weighted by Gasteiger charge is -2.15. The Bertz CT molecular complexity index is 644. The molecule has 0 radical (unpaired) electrons. The molecule has 2 aromatic rings. The largest absolute Gasteiger partial charge is 0.487 e. The number of rotatable bonds is 7. The number of nitrogens with one attached hydrogen (secondary N) is 2. The molecule has 1 unspecified atom stereocenters. The van der Waals surface area contributed by atoms with Gasteiger partial charge in [-0.3, -0.25) is 4.79 Å². The Kier molecular flexibility index (Phi) is 6.11. The van der Waals surface area contributed by atoms with Crippen LogP contribution in [0.25, 0.3) is 0 Å². The molecule has 23 heavy (non-hydrogen) atoms. The van der Waals surface area contributed by atoms with Gasteiger partial charge in [0.25, 0.3) is 5.91 Å². The first-order valence-electron chi connectivity index (χ1n) is 7.60. The van der Waals surface area contributed by atoms with Gasteiger partial charge in [0, 0.05) is 5.69 Å². The van der Waals surface area contributed by atoms with Gasteiger partial charge >= 0.3 is 0 Å². The average molecular weight is 317 g/mol. The molecule has 0 aliphatic carbocycles. The van der Waals surface area contributed by atoms with Crippen LogP contribution >= 0.6 is 0 Å². The van der Waals surface area contributed by atoms with Gasteiger partial charge in [0.2, 0.25) is 0 Å². The SMILES string of the molecule is Cc1ccccc1OCC[NH+](C)CC(=O)Nc1ccc(F)cc1. The Morgan fingerprint density at radius 3 is 2.57 bits per heavy atom. The van der Waals surface area contributed by atoms with Crippen molar-refractivity contribution in [2.24, 2.45) is 0 Å². The average Bonchev–Trinajstić information content (AvgIpc) is 2.51. The molecule has 122 valence electrons. The van der Waals surface area contributed by atoms with E-state index in [0.29, 0.717) is 25.4 Å². The van der Waals surface area contributed by atoms with Crippen molar-refractivity contribution in [3.8, 4) is 5.75 Å². The van der Waals surface area contributed by atoms with Gasteiger partial charge in [0.1, 0.15) is 24.7 Å². The Morgan fingerprint density at radius 2 is 1.87 bits per heavy atom. The van der Waals surface area contributed by atoms with Crippen LogP contribution in [-0.4, -0.2) is 32.7 Å². The van der Waals surface area contributed by atoms with E-state index >= 15 is 0 Å². The third-order valence-electron chi connectivity index (χ3n) is 3.47. The van der Waals surface area contributed by atoms with Gasteiger partial charge < -0.3 is 15.0 Å². The zero-order valence-electron chi connectivity index (χ0n) is 13.4. The molecule has 0 heterocycles. The fourth-order valence-corrected chi connectivity index (χ4v) is 2.15. The van der Waals surface area contributed by atoms with Gasteiger partial charge in [0.05, 0.1) is 7.05 Å². The minimum absolute atomic E-state index is 0.106. The molecule has 0 aliphatic heterocycles. The lowest BCUT2D eigenvalue weighted by molar-refractivity contribution is -0.871. The molecule has 0 aromatic heterocycles. The molecular weight excluding hydrogens is 295 g/mol. The summed E-state index contributed by atoms with van der Waals surface area (Å²) in [5.41, 5.74) is 1.69. The predicted molar refractivity (Wildman–Crippen MR) is 88.3 cm³/mol. The summed E-state index contributed by atoms with van der Waals surface area (Å²) >= 11 is 0. The molecule has 0 fully saturated rings. The molecule has 5 heteroatoms. The molecule has 1 amide bonds.